The van der Waals surface area contributed by atoms with Gasteiger partial charge in [0.2, 0.25) is 0 Å². The van der Waals surface area contributed by atoms with Gasteiger partial charge in [0.25, 0.3) is 0 Å². The highest BCUT2D eigenvalue weighted by Gasteiger charge is 2.29. The van der Waals surface area contributed by atoms with Gasteiger partial charge in [0.1, 0.15) is 11.9 Å². The average Bonchev–Trinajstić information content (AvgIpc) is 2.56. The summed E-state index contributed by atoms with van der Waals surface area (Å²) in [6.45, 7) is 3.12. The Balaban J connectivity index is 1.88. The maximum atomic E-state index is 11.1. The number of nitrogens with zero attached hydrogens (tertiary/aromatic N) is 2. The number of ether oxygens (including phenoxy) is 1. The summed E-state index contributed by atoms with van der Waals surface area (Å²) >= 11 is 6.26. The van der Waals surface area contributed by atoms with Gasteiger partial charge >= 0.3 is 5.97 Å². The Morgan fingerprint density at radius 2 is 2.09 bits per heavy atom. The number of halogens is 1. The summed E-state index contributed by atoms with van der Waals surface area (Å²) in [6.07, 6.45) is -0.171. The van der Waals surface area contributed by atoms with E-state index in [9.17, 15) is 4.79 Å². The minimum absolute atomic E-state index is 0.0375. The second-order valence-electron chi connectivity index (χ2n) is 5.53. The molecular formula is C17H17ClN2O3. The fourth-order valence-electron chi connectivity index (χ4n) is 2.70. The maximum absolute atomic E-state index is 11.1. The number of morpholine rings is 1. The first-order chi connectivity index (χ1) is 11.1. The third kappa shape index (κ3) is 3.30. The Kier molecular flexibility index (Phi) is 4.50. The van der Waals surface area contributed by atoms with Gasteiger partial charge in [-0.1, -0.05) is 35.9 Å². The molecule has 0 amide bonds. The summed E-state index contributed by atoms with van der Waals surface area (Å²) in [7, 11) is 0. The van der Waals surface area contributed by atoms with Crippen LogP contribution in [-0.4, -0.2) is 35.3 Å². The van der Waals surface area contributed by atoms with Crippen molar-refractivity contribution in [3.8, 4) is 0 Å². The first-order valence-electron chi connectivity index (χ1n) is 7.39. The van der Waals surface area contributed by atoms with Crippen molar-refractivity contribution < 1.29 is 14.6 Å². The Morgan fingerprint density at radius 1 is 1.30 bits per heavy atom. The molecule has 1 N–H and O–H groups in total. The predicted octanol–water partition coefficient (Wildman–Crippen LogP) is 3.40. The van der Waals surface area contributed by atoms with Crippen molar-refractivity contribution >= 4 is 23.4 Å². The van der Waals surface area contributed by atoms with Crippen molar-refractivity contribution in [2.75, 3.05) is 18.1 Å². The van der Waals surface area contributed by atoms with E-state index in [1.165, 1.54) is 6.07 Å². The molecule has 2 unspecified atom stereocenters. The van der Waals surface area contributed by atoms with E-state index in [0.29, 0.717) is 24.0 Å². The molecule has 2 heterocycles. The smallest absolute Gasteiger partial charge is 0.354 e. The fraction of sp³-hybridized carbons (Fsp3) is 0.294. The van der Waals surface area contributed by atoms with Gasteiger partial charge < -0.3 is 14.7 Å². The van der Waals surface area contributed by atoms with Crippen LogP contribution >= 0.6 is 11.6 Å². The molecule has 5 nitrogen and oxygen atoms in total. The largest absolute Gasteiger partial charge is 0.477 e. The number of carbonyl (C=O) groups is 1. The summed E-state index contributed by atoms with van der Waals surface area (Å²) in [5.41, 5.74) is 0.968. The number of carboxylic acids is 1. The lowest BCUT2D eigenvalue weighted by Gasteiger charge is -2.39. The lowest BCUT2D eigenvalue weighted by atomic mass is 10.1. The van der Waals surface area contributed by atoms with Crippen LogP contribution in [0.1, 0.15) is 29.1 Å². The minimum Gasteiger partial charge on any atom is -0.477 e. The molecule has 2 aromatic rings. The number of aromatic nitrogens is 1. The van der Waals surface area contributed by atoms with E-state index in [-0.39, 0.29) is 17.8 Å². The molecular weight excluding hydrogens is 316 g/mol. The Morgan fingerprint density at radius 3 is 2.83 bits per heavy atom. The van der Waals surface area contributed by atoms with E-state index >= 15 is 0 Å². The normalized spacial score (nSPS) is 21.2. The zero-order valence-electron chi connectivity index (χ0n) is 12.6. The van der Waals surface area contributed by atoms with E-state index in [0.717, 1.165) is 5.56 Å². The maximum Gasteiger partial charge on any atom is 0.354 e. The van der Waals surface area contributed by atoms with Crippen molar-refractivity contribution in [1.82, 2.24) is 4.98 Å². The molecule has 6 heteroatoms. The van der Waals surface area contributed by atoms with Gasteiger partial charge in [-0.05, 0) is 25.1 Å². The van der Waals surface area contributed by atoms with Crippen molar-refractivity contribution in [2.24, 2.45) is 0 Å². The molecule has 23 heavy (non-hydrogen) atoms. The molecule has 0 radical (unpaired) electrons. The third-order valence-corrected chi connectivity index (χ3v) is 4.28. The second-order valence-corrected chi connectivity index (χ2v) is 5.94. The number of anilines is 1. The van der Waals surface area contributed by atoms with Crippen LogP contribution in [0.3, 0.4) is 0 Å². The number of aromatic carboxylic acids is 1. The van der Waals surface area contributed by atoms with Crippen LogP contribution in [0.2, 0.25) is 5.02 Å². The summed E-state index contributed by atoms with van der Waals surface area (Å²) in [5, 5.41) is 9.78. The van der Waals surface area contributed by atoms with Crippen molar-refractivity contribution in [3.05, 3.63) is 58.7 Å². The number of pyridine rings is 1. The zero-order valence-corrected chi connectivity index (χ0v) is 13.4. The molecule has 0 saturated carbocycles. The summed E-state index contributed by atoms with van der Waals surface area (Å²) in [4.78, 5) is 17.4. The van der Waals surface area contributed by atoms with E-state index in [1.807, 2.05) is 37.3 Å². The van der Waals surface area contributed by atoms with Crippen LogP contribution in [0.15, 0.2) is 42.5 Å². The van der Waals surface area contributed by atoms with Gasteiger partial charge in [0, 0.05) is 10.6 Å². The van der Waals surface area contributed by atoms with Crippen LogP contribution in [0, 0.1) is 0 Å². The number of benzene rings is 1. The molecule has 0 aliphatic carbocycles. The summed E-state index contributed by atoms with van der Waals surface area (Å²) in [5.74, 6) is -0.395. The fourth-order valence-corrected chi connectivity index (χ4v) is 2.96. The van der Waals surface area contributed by atoms with Crippen molar-refractivity contribution in [3.63, 3.8) is 0 Å². The van der Waals surface area contributed by atoms with Crippen LogP contribution < -0.4 is 4.90 Å². The standard InChI is InChI=1S/C17H17ClN2O3/c1-11-10-23-15(12-5-2-3-6-13(12)18)9-20(11)16-8-4-7-14(19-16)17(21)22/h2-8,11,15H,9-10H2,1H3,(H,21,22). The van der Waals surface area contributed by atoms with Gasteiger partial charge in [0.15, 0.2) is 5.69 Å². The van der Waals surface area contributed by atoms with Crippen molar-refractivity contribution in [1.29, 1.82) is 0 Å². The highest BCUT2D eigenvalue weighted by Crippen LogP contribution is 2.31. The first-order valence-corrected chi connectivity index (χ1v) is 7.77. The van der Waals surface area contributed by atoms with Crippen LogP contribution in [-0.2, 0) is 4.74 Å². The van der Waals surface area contributed by atoms with Gasteiger partial charge in [-0.15, -0.1) is 0 Å². The Labute approximate surface area is 139 Å². The van der Waals surface area contributed by atoms with Gasteiger partial charge in [-0.3, -0.25) is 0 Å². The number of hydrogen-bond acceptors (Lipinski definition) is 4. The monoisotopic (exact) mass is 332 g/mol. The summed E-state index contributed by atoms with van der Waals surface area (Å²) < 4.78 is 5.92. The predicted molar refractivity (Wildman–Crippen MR) is 88.1 cm³/mol. The zero-order chi connectivity index (χ0) is 16.4. The quantitative estimate of drug-likeness (QED) is 0.933. The Hall–Kier alpha value is -2.11. The molecule has 3 rings (SSSR count). The molecule has 120 valence electrons. The SMILES string of the molecule is CC1COC(c2ccccc2Cl)CN1c1cccc(C(=O)O)n1. The van der Waals surface area contributed by atoms with Gasteiger partial charge in [-0.2, -0.15) is 0 Å². The molecule has 1 aliphatic heterocycles. The lowest BCUT2D eigenvalue weighted by molar-refractivity contribution is 0.0213. The molecule has 1 fully saturated rings. The van der Waals surface area contributed by atoms with Crippen LogP contribution in [0.5, 0.6) is 0 Å². The topological polar surface area (TPSA) is 62.7 Å². The number of carboxylic acid groups (broad SMARTS) is 1. The van der Waals surface area contributed by atoms with Crippen molar-refractivity contribution in [2.45, 2.75) is 19.1 Å². The average molecular weight is 333 g/mol. The highest BCUT2D eigenvalue weighted by atomic mass is 35.5. The second kappa shape index (κ2) is 6.56. The molecule has 0 spiro atoms. The summed E-state index contributed by atoms with van der Waals surface area (Å²) in [6, 6.07) is 12.7. The molecule has 0 bridgehead atoms. The van der Waals surface area contributed by atoms with Gasteiger partial charge in [0.05, 0.1) is 19.2 Å². The van der Waals surface area contributed by atoms with E-state index in [2.05, 4.69) is 9.88 Å². The van der Waals surface area contributed by atoms with Gasteiger partial charge in [-0.25, -0.2) is 9.78 Å². The van der Waals surface area contributed by atoms with E-state index < -0.39 is 5.97 Å². The molecule has 1 aromatic carbocycles. The van der Waals surface area contributed by atoms with E-state index in [1.54, 1.807) is 6.07 Å². The van der Waals surface area contributed by atoms with E-state index in [4.69, 9.17) is 21.4 Å². The molecule has 1 aromatic heterocycles. The highest BCUT2D eigenvalue weighted by molar-refractivity contribution is 6.31. The van der Waals surface area contributed by atoms with Crippen LogP contribution in [0.4, 0.5) is 5.82 Å². The molecule has 1 aliphatic rings. The Bertz CT molecular complexity index is 722. The number of hydrogen-bond donors (Lipinski definition) is 1. The minimum atomic E-state index is -1.03. The molecule has 2 atom stereocenters. The molecule has 1 saturated heterocycles. The first kappa shape index (κ1) is 15.8. The van der Waals surface area contributed by atoms with Crippen LogP contribution in [0.25, 0.3) is 0 Å². The third-order valence-electron chi connectivity index (χ3n) is 3.93. The lowest BCUT2D eigenvalue weighted by Crippen LogP contribution is -2.45. The number of rotatable bonds is 3.